The van der Waals surface area contributed by atoms with E-state index < -0.39 is 0 Å². The smallest absolute Gasteiger partial charge is 0.234 e. The van der Waals surface area contributed by atoms with E-state index >= 15 is 0 Å². The average Bonchev–Trinajstić information content (AvgIpc) is 3.42. The van der Waals surface area contributed by atoms with Gasteiger partial charge in [-0.3, -0.25) is 9.69 Å². The van der Waals surface area contributed by atoms with Crippen molar-refractivity contribution in [3.8, 4) is 0 Å². The van der Waals surface area contributed by atoms with Crippen molar-refractivity contribution >= 4 is 28.6 Å². The molecule has 0 bridgehead atoms. The van der Waals surface area contributed by atoms with E-state index in [1.54, 1.807) is 34.8 Å². The minimum atomic E-state index is -0.272. The molecule has 2 aromatic heterocycles. The molecule has 0 aliphatic carbocycles. The maximum absolute atomic E-state index is 13.3. The molecule has 140 valence electrons. The number of hydrogen-bond donors (Lipinski definition) is 1. The van der Waals surface area contributed by atoms with Crippen molar-refractivity contribution in [1.29, 1.82) is 0 Å². The molecule has 0 radical (unpaired) electrons. The summed E-state index contributed by atoms with van der Waals surface area (Å²) in [5, 5.41) is 7.24. The maximum atomic E-state index is 13.3. The van der Waals surface area contributed by atoms with Crippen molar-refractivity contribution in [2.45, 2.75) is 24.9 Å². The number of carbonyl (C=O) groups is 1. The fourth-order valence-electron chi connectivity index (χ4n) is 3.64. The Labute approximate surface area is 166 Å². The molecule has 3 nitrogen and oxygen atoms in total. The molecule has 1 saturated heterocycles. The molecule has 0 spiro atoms. The predicted octanol–water partition coefficient (Wildman–Crippen LogP) is 4.99. The van der Waals surface area contributed by atoms with E-state index in [0.717, 1.165) is 29.8 Å². The van der Waals surface area contributed by atoms with Crippen LogP contribution in [0.5, 0.6) is 0 Å². The van der Waals surface area contributed by atoms with Gasteiger partial charge in [0.1, 0.15) is 5.82 Å². The van der Waals surface area contributed by atoms with Crippen LogP contribution in [-0.4, -0.2) is 23.9 Å². The number of rotatable bonds is 6. The molecular formula is C21H21FN2OS2. The summed E-state index contributed by atoms with van der Waals surface area (Å²) in [4.78, 5) is 17.5. The van der Waals surface area contributed by atoms with E-state index in [-0.39, 0.29) is 17.8 Å². The van der Waals surface area contributed by atoms with Crippen molar-refractivity contribution in [3.05, 3.63) is 80.4 Å². The number of hydrogen-bond acceptors (Lipinski definition) is 4. The van der Waals surface area contributed by atoms with Crippen LogP contribution in [0.2, 0.25) is 0 Å². The SMILES string of the molecule is O=C(CN1CCCC1c1cccs1)NC(c1ccc(F)cc1)c1cccs1. The Morgan fingerprint density at radius 2 is 1.93 bits per heavy atom. The van der Waals surface area contributed by atoms with Gasteiger partial charge in [0.2, 0.25) is 5.91 Å². The highest BCUT2D eigenvalue weighted by atomic mass is 32.1. The van der Waals surface area contributed by atoms with E-state index in [4.69, 9.17) is 0 Å². The highest BCUT2D eigenvalue weighted by Crippen LogP contribution is 2.34. The largest absolute Gasteiger partial charge is 0.343 e. The second-order valence-corrected chi connectivity index (χ2v) is 8.67. The first kappa shape index (κ1) is 18.3. The van der Waals surface area contributed by atoms with E-state index in [1.165, 1.54) is 17.0 Å². The van der Waals surface area contributed by atoms with Crippen molar-refractivity contribution in [2.75, 3.05) is 13.1 Å². The lowest BCUT2D eigenvalue weighted by molar-refractivity contribution is -0.123. The van der Waals surface area contributed by atoms with Gasteiger partial charge in [0, 0.05) is 15.8 Å². The van der Waals surface area contributed by atoms with E-state index in [0.29, 0.717) is 12.6 Å². The van der Waals surface area contributed by atoms with Gasteiger partial charge in [0.05, 0.1) is 12.6 Å². The zero-order valence-electron chi connectivity index (χ0n) is 14.8. The predicted molar refractivity (Wildman–Crippen MR) is 109 cm³/mol. The van der Waals surface area contributed by atoms with E-state index in [1.807, 2.05) is 17.5 Å². The number of benzene rings is 1. The molecular weight excluding hydrogens is 379 g/mol. The molecule has 1 aromatic carbocycles. The zero-order chi connectivity index (χ0) is 18.6. The van der Waals surface area contributed by atoms with Crippen molar-refractivity contribution in [1.82, 2.24) is 10.2 Å². The Morgan fingerprint density at radius 1 is 1.15 bits per heavy atom. The van der Waals surface area contributed by atoms with Crippen LogP contribution >= 0.6 is 22.7 Å². The molecule has 4 rings (SSSR count). The second-order valence-electron chi connectivity index (χ2n) is 6.71. The van der Waals surface area contributed by atoms with Crippen LogP contribution in [0, 0.1) is 5.82 Å². The normalized spacial score (nSPS) is 18.5. The number of carbonyl (C=O) groups excluding carboxylic acids is 1. The first-order valence-electron chi connectivity index (χ1n) is 9.06. The summed E-state index contributed by atoms with van der Waals surface area (Å²) < 4.78 is 13.3. The molecule has 1 fully saturated rings. The van der Waals surface area contributed by atoms with Crippen LogP contribution in [0.1, 0.15) is 40.2 Å². The van der Waals surface area contributed by atoms with Crippen molar-refractivity contribution < 1.29 is 9.18 Å². The van der Waals surface area contributed by atoms with Gasteiger partial charge in [-0.1, -0.05) is 24.3 Å². The van der Waals surface area contributed by atoms with Gasteiger partial charge < -0.3 is 5.32 Å². The number of likely N-dealkylation sites (tertiary alicyclic amines) is 1. The third-order valence-electron chi connectivity index (χ3n) is 4.92. The van der Waals surface area contributed by atoms with Crippen LogP contribution in [0.4, 0.5) is 4.39 Å². The molecule has 0 saturated carbocycles. The minimum Gasteiger partial charge on any atom is -0.343 e. The van der Waals surface area contributed by atoms with Gasteiger partial charge in [-0.2, -0.15) is 0 Å². The third kappa shape index (κ3) is 4.29. The Hall–Kier alpha value is -2.02. The highest BCUT2D eigenvalue weighted by molar-refractivity contribution is 7.10. The standard InChI is InChI=1S/C21H21FN2OS2/c22-16-9-7-15(8-10-16)21(19-6-3-13-27-19)23-20(25)14-24-11-1-4-17(24)18-5-2-12-26-18/h2-3,5-10,12-13,17,21H,1,4,11,14H2,(H,23,25). The van der Waals surface area contributed by atoms with Crippen molar-refractivity contribution in [3.63, 3.8) is 0 Å². The van der Waals surface area contributed by atoms with Crippen LogP contribution < -0.4 is 5.32 Å². The Morgan fingerprint density at radius 3 is 2.63 bits per heavy atom. The molecule has 2 unspecified atom stereocenters. The summed E-state index contributed by atoms with van der Waals surface area (Å²) in [5.74, 6) is -0.271. The molecule has 1 aliphatic heterocycles. The Bertz CT molecular complexity index is 862. The summed E-state index contributed by atoms with van der Waals surface area (Å²) in [6.45, 7) is 1.32. The first-order chi connectivity index (χ1) is 13.2. The van der Waals surface area contributed by atoms with Crippen LogP contribution in [0.3, 0.4) is 0 Å². The number of nitrogens with zero attached hydrogens (tertiary/aromatic N) is 1. The number of thiophene rings is 2. The Kier molecular flexibility index (Phi) is 5.66. The zero-order valence-corrected chi connectivity index (χ0v) is 16.4. The van der Waals surface area contributed by atoms with E-state index in [2.05, 4.69) is 27.7 Å². The molecule has 2 atom stereocenters. The number of amides is 1. The van der Waals surface area contributed by atoms with Gasteiger partial charge in [0.25, 0.3) is 0 Å². The molecule has 1 N–H and O–H groups in total. The van der Waals surface area contributed by atoms with Gasteiger partial charge in [-0.25, -0.2) is 4.39 Å². The van der Waals surface area contributed by atoms with Crippen LogP contribution in [0.15, 0.2) is 59.3 Å². The summed E-state index contributed by atoms with van der Waals surface area (Å²) in [5.41, 5.74) is 0.892. The lowest BCUT2D eigenvalue weighted by Crippen LogP contribution is -2.38. The van der Waals surface area contributed by atoms with Crippen molar-refractivity contribution in [2.24, 2.45) is 0 Å². The monoisotopic (exact) mass is 400 g/mol. The number of nitrogens with one attached hydrogen (secondary N) is 1. The highest BCUT2D eigenvalue weighted by Gasteiger charge is 2.29. The fraction of sp³-hybridized carbons (Fsp3) is 0.286. The van der Waals surface area contributed by atoms with Gasteiger partial charge in [-0.05, 0) is 60.0 Å². The molecule has 6 heteroatoms. The quantitative estimate of drug-likeness (QED) is 0.632. The van der Waals surface area contributed by atoms with Gasteiger partial charge in [-0.15, -0.1) is 22.7 Å². The lowest BCUT2D eigenvalue weighted by atomic mass is 10.1. The second kappa shape index (κ2) is 8.33. The lowest BCUT2D eigenvalue weighted by Gasteiger charge is -2.25. The Balaban J connectivity index is 1.48. The molecule has 1 amide bonds. The van der Waals surface area contributed by atoms with Gasteiger partial charge in [0.15, 0.2) is 0 Å². The summed E-state index contributed by atoms with van der Waals surface area (Å²) in [7, 11) is 0. The molecule has 3 heterocycles. The summed E-state index contributed by atoms with van der Waals surface area (Å²) >= 11 is 3.35. The first-order valence-corrected chi connectivity index (χ1v) is 10.8. The summed E-state index contributed by atoms with van der Waals surface area (Å²) in [6, 6.07) is 14.6. The molecule has 3 aromatic rings. The topological polar surface area (TPSA) is 32.3 Å². The third-order valence-corrected chi connectivity index (χ3v) is 6.83. The summed E-state index contributed by atoms with van der Waals surface area (Å²) in [6.07, 6.45) is 2.21. The molecule has 27 heavy (non-hydrogen) atoms. The fourth-order valence-corrected chi connectivity index (χ4v) is 5.34. The minimum absolute atomic E-state index is 0.00109. The van der Waals surface area contributed by atoms with Crippen LogP contribution in [0.25, 0.3) is 0 Å². The van der Waals surface area contributed by atoms with Gasteiger partial charge >= 0.3 is 0 Å². The number of halogens is 1. The maximum Gasteiger partial charge on any atom is 0.234 e. The van der Waals surface area contributed by atoms with Crippen LogP contribution in [-0.2, 0) is 4.79 Å². The molecule has 1 aliphatic rings. The average molecular weight is 401 g/mol. The van der Waals surface area contributed by atoms with E-state index in [9.17, 15) is 9.18 Å².